The molecule has 0 bridgehead atoms. The molecule has 0 heterocycles. The molecule has 0 fully saturated rings. The molecule has 0 rings (SSSR count). The topological polar surface area (TPSA) is 132 Å². The van der Waals surface area contributed by atoms with Crippen LogP contribution in [0.3, 0.4) is 0 Å². The Labute approximate surface area is 439 Å². The standard InChI is InChI=1S/C48H97NO7.C9H18ClN2OP/c1-4-7-9-11-13-15-17-19-21-23-25-27-29-31-33-35-38-53-44-47(45-56-48(51)49-37-40-52-41-42-54-43-46(50)6-3)55-39-36-34-32-30-28-26-24-22-20-18-16-14-12-10-8-5-2;1-3-7-12(8-4-2)14(10)13-9-5-6-11/h46-47,50H,4-45H2,1-3H3,(H,49,51);3-5,7-9H2,1-2H3. The van der Waals surface area contributed by atoms with Crippen molar-refractivity contribution in [2.45, 2.75) is 278 Å². The number of aliphatic hydroxyl groups is 1. The number of hydrogen-bond donors (Lipinski definition) is 2. The van der Waals surface area contributed by atoms with E-state index in [-0.39, 0.29) is 12.7 Å². The maximum absolute atomic E-state index is 12.3. The highest BCUT2D eigenvalue weighted by Crippen LogP contribution is 2.46. The average molecular weight is 1040 g/mol. The molecule has 0 saturated carbocycles. The number of nitriles is 1. The molecule has 0 saturated heterocycles. The highest BCUT2D eigenvalue weighted by molar-refractivity contribution is 7.78. The smallest absolute Gasteiger partial charge is 0.407 e. The molecule has 70 heavy (non-hydrogen) atoms. The molecule has 0 radical (unpaired) electrons. The van der Waals surface area contributed by atoms with E-state index in [1.54, 1.807) is 0 Å². The number of aliphatic hydroxyl groups excluding tert-OH is 1. The van der Waals surface area contributed by atoms with Gasteiger partial charge in [0.2, 0.25) is 7.65 Å². The molecule has 3 atom stereocenters. The second-order valence-electron chi connectivity index (χ2n) is 19.4. The molecule has 0 aromatic carbocycles. The number of nitrogens with one attached hydrogen (secondary N) is 1. The fourth-order valence-corrected chi connectivity index (χ4v) is 9.83. The summed E-state index contributed by atoms with van der Waals surface area (Å²) in [6.07, 6.45) is 45.4. The third-order valence-electron chi connectivity index (χ3n) is 12.5. The molecule has 0 aliphatic rings. The third-order valence-corrected chi connectivity index (χ3v) is 14.6. The van der Waals surface area contributed by atoms with Gasteiger partial charge < -0.3 is 38.6 Å². The van der Waals surface area contributed by atoms with Crippen LogP contribution in [0.15, 0.2) is 0 Å². The molecule has 11 nitrogen and oxygen atoms in total. The minimum Gasteiger partial charge on any atom is -0.447 e. The quantitative estimate of drug-likeness (QED) is 0.0448. The van der Waals surface area contributed by atoms with Crippen molar-refractivity contribution >= 4 is 25.0 Å². The van der Waals surface area contributed by atoms with Gasteiger partial charge in [-0.05, 0) is 43.3 Å². The van der Waals surface area contributed by atoms with Crippen LogP contribution < -0.4 is 5.32 Å². The number of nitrogens with zero attached hydrogens (tertiary/aromatic N) is 2. The van der Waals surface area contributed by atoms with Gasteiger partial charge in [0.25, 0.3) is 0 Å². The maximum Gasteiger partial charge on any atom is 0.407 e. The van der Waals surface area contributed by atoms with Crippen LogP contribution in [0.1, 0.15) is 266 Å². The Kier molecular flexibility index (Phi) is 63.6. The average Bonchev–Trinajstić information content (AvgIpc) is 3.36. The van der Waals surface area contributed by atoms with E-state index in [1.165, 1.54) is 193 Å². The van der Waals surface area contributed by atoms with E-state index in [0.29, 0.717) is 65.6 Å². The van der Waals surface area contributed by atoms with E-state index in [0.717, 1.165) is 45.4 Å². The first kappa shape index (κ1) is 71.3. The minimum atomic E-state index is -1.01. The van der Waals surface area contributed by atoms with E-state index in [1.807, 2.05) is 13.0 Å². The van der Waals surface area contributed by atoms with Crippen LogP contribution in [0.5, 0.6) is 0 Å². The SMILES string of the molecule is CCCCCCCCCCCCCCCCCCOCC(COC(=O)NCCOCCOCC(O)CC)OCCCCCCCCCCCCCCCCCC.CCCN(CCC)P(Cl)OCCC#N. The number of amides is 1. The van der Waals surface area contributed by atoms with Crippen molar-refractivity contribution in [1.82, 2.24) is 9.99 Å². The van der Waals surface area contributed by atoms with Gasteiger partial charge in [-0.1, -0.05) is 227 Å². The van der Waals surface area contributed by atoms with E-state index in [4.69, 9.17) is 44.7 Å². The van der Waals surface area contributed by atoms with Gasteiger partial charge in [0.05, 0.1) is 58.2 Å². The van der Waals surface area contributed by atoms with Gasteiger partial charge in [-0.2, -0.15) is 5.26 Å². The molecule has 3 unspecified atom stereocenters. The zero-order chi connectivity index (χ0) is 51.5. The van der Waals surface area contributed by atoms with Crippen LogP contribution in [0.4, 0.5) is 4.79 Å². The summed E-state index contributed by atoms with van der Waals surface area (Å²) < 4.78 is 36.1. The summed E-state index contributed by atoms with van der Waals surface area (Å²) in [6, 6.07) is 2.03. The lowest BCUT2D eigenvalue weighted by molar-refractivity contribution is -0.0470. The molecule has 0 aromatic rings. The summed E-state index contributed by atoms with van der Waals surface area (Å²) in [7, 11) is -1.01. The van der Waals surface area contributed by atoms with Gasteiger partial charge in [-0.3, -0.25) is 0 Å². The van der Waals surface area contributed by atoms with Crippen LogP contribution in [0, 0.1) is 11.3 Å². The highest BCUT2D eigenvalue weighted by atomic mass is 35.7. The second kappa shape index (κ2) is 62.5. The summed E-state index contributed by atoms with van der Waals surface area (Å²) in [5, 5.41) is 20.6. The predicted molar refractivity (Wildman–Crippen MR) is 298 cm³/mol. The number of hydrogen-bond acceptors (Lipinski definition) is 10. The number of alkyl carbamates (subject to hydrolysis) is 1. The first-order valence-corrected chi connectivity index (χ1v) is 31.7. The van der Waals surface area contributed by atoms with Gasteiger partial charge in [0, 0.05) is 32.8 Å². The monoisotopic (exact) mass is 1040 g/mol. The van der Waals surface area contributed by atoms with E-state index in [9.17, 15) is 9.90 Å². The molecule has 13 heteroatoms. The lowest BCUT2D eigenvalue weighted by Crippen LogP contribution is -2.33. The minimum absolute atomic E-state index is 0.179. The van der Waals surface area contributed by atoms with Crippen molar-refractivity contribution in [3.8, 4) is 6.07 Å². The fourth-order valence-electron chi connectivity index (χ4n) is 8.05. The summed E-state index contributed by atoms with van der Waals surface area (Å²) in [6.45, 7) is 17.0. The summed E-state index contributed by atoms with van der Waals surface area (Å²) in [5.41, 5.74) is 0. The normalized spacial score (nSPS) is 12.7. The van der Waals surface area contributed by atoms with Crippen LogP contribution in [-0.2, 0) is 28.2 Å². The Morgan fingerprint density at radius 3 is 1.37 bits per heavy atom. The van der Waals surface area contributed by atoms with Crippen molar-refractivity contribution in [3.05, 3.63) is 0 Å². The number of ether oxygens (including phenoxy) is 5. The number of carbonyl (C=O) groups is 1. The van der Waals surface area contributed by atoms with E-state index >= 15 is 0 Å². The lowest BCUT2D eigenvalue weighted by atomic mass is 10.0. The number of carbonyl (C=O) groups excluding carboxylic acids is 1. The van der Waals surface area contributed by atoms with E-state index < -0.39 is 19.8 Å². The molecule has 0 aliphatic heterocycles. The Hall–Kier alpha value is -0.800. The van der Waals surface area contributed by atoms with Gasteiger partial charge in [0.15, 0.2) is 0 Å². The summed E-state index contributed by atoms with van der Waals surface area (Å²) >= 11 is 6.10. The Bertz CT molecular complexity index is 1040. The van der Waals surface area contributed by atoms with Crippen molar-refractivity contribution in [3.63, 3.8) is 0 Å². The molecular weight excluding hydrogens is 921 g/mol. The zero-order valence-electron chi connectivity index (χ0n) is 46.6. The van der Waals surface area contributed by atoms with Gasteiger partial charge in [0.1, 0.15) is 12.7 Å². The van der Waals surface area contributed by atoms with E-state index in [2.05, 4.69) is 37.7 Å². The number of unbranched alkanes of at least 4 members (excludes halogenated alkanes) is 30. The van der Waals surface area contributed by atoms with Crippen LogP contribution >= 0.6 is 18.9 Å². The lowest BCUT2D eigenvalue weighted by Gasteiger charge is -2.24. The number of rotatable bonds is 56. The Balaban J connectivity index is 0. The largest absolute Gasteiger partial charge is 0.447 e. The summed E-state index contributed by atoms with van der Waals surface area (Å²) in [4.78, 5) is 12.3. The van der Waals surface area contributed by atoms with Crippen LogP contribution in [0.2, 0.25) is 0 Å². The van der Waals surface area contributed by atoms with Crippen molar-refractivity contribution in [2.75, 3.05) is 79.1 Å². The second-order valence-corrected chi connectivity index (χ2v) is 21.5. The molecule has 0 aromatic heterocycles. The zero-order valence-corrected chi connectivity index (χ0v) is 48.3. The molecule has 1 amide bonds. The van der Waals surface area contributed by atoms with Crippen molar-refractivity contribution < 1.29 is 38.1 Å². The Morgan fingerprint density at radius 1 is 0.529 bits per heavy atom. The van der Waals surface area contributed by atoms with Crippen molar-refractivity contribution in [2.24, 2.45) is 0 Å². The van der Waals surface area contributed by atoms with Crippen LogP contribution in [-0.4, -0.2) is 107 Å². The predicted octanol–water partition coefficient (Wildman–Crippen LogP) is 16.9. The molecule has 0 aliphatic carbocycles. The van der Waals surface area contributed by atoms with Gasteiger partial charge in [-0.25, -0.2) is 9.46 Å². The molecular formula is C57H115ClN3O8P. The molecule has 418 valence electrons. The maximum atomic E-state index is 12.3. The number of halogens is 1. The highest BCUT2D eigenvalue weighted by Gasteiger charge is 2.16. The summed E-state index contributed by atoms with van der Waals surface area (Å²) in [5.74, 6) is 0. The molecule has 2 N–H and O–H groups in total. The molecule has 0 spiro atoms. The Morgan fingerprint density at radius 2 is 0.943 bits per heavy atom. The van der Waals surface area contributed by atoms with Gasteiger partial charge >= 0.3 is 6.09 Å². The third kappa shape index (κ3) is 58.1. The van der Waals surface area contributed by atoms with Crippen LogP contribution in [0.25, 0.3) is 0 Å². The first-order chi connectivity index (χ1) is 34.4. The van der Waals surface area contributed by atoms with Gasteiger partial charge in [-0.15, -0.1) is 0 Å². The fraction of sp³-hybridized carbons (Fsp3) is 0.965. The van der Waals surface area contributed by atoms with Crippen molar-refractivity contribution in [1.29, 1.82) is 5.26 Å². The first-order valence-electron chi connectivity index (χ1n) is 29.5.